The quantitative estimate of drug-likeness (QED) is 0.384. The Hall–Kier alpha value is 0.647. The molecule has 38 valence electrons. The summed E-state index contributed by atoms with van der Waals surface area (Å²) < 4.78 is 0. The van der Waals surface area contributed by atoms with Crippen LogP contribution in [0.3, 0.4) is 0 Å². The molecular formula is C4H13PSi. The van der Waals surface area contributed by atoms with Gasteiger partial charge in [-0.3, -0.25) is 0 Å². The summed E-state index contributed by atoms with van der Waals surface area (Å²) >= 11 is 0. The van der Waals surface area contributed by atoms with E-state index in [1.807, 2.05) is 0 Å². The Bertz CT molecular complexity index is 26.7. The third kappa shape index (κ3) is 2.86. The van der Waals surface area contributed by atoms with Crippen LogP contribution in [0.25, 0.3) is 0 Å². The number of rotatable bonds is 2. The number of hydrogen-bond acceptors (Lipinski definition) is 0. The van der Waals surface area contributed by atoms with Gasteiger partial charge in [-0.15, -0.1) is 0 Å². The van der Waals surface area contributed by atoms with Gasteiger partial charge in [0.2, 0.25) is 0 Å². The van der Waals surface area contributed by atoms with Gasteiger partial charge in [0.05, 0.1) is 8.46 Å². The van der Waals surface area contributed by atoms with Crippen molar-refractivity contribution in [2.45, 2.75) is 25.9 Å². The third-order valence-electron chi connectivity index (χ3n) is 1.05. The van der Waals surface area contributed by atoms with E-state index in [0.29, 0.717) is 0 Å². The smallest absolute Gasteiger partial charge is 0.0575 e. The van der Waals surface area contributed by atoms with Gasteiger partial charge in [0, 0.05) is 0 Å². The molecular weight excluding hydrogens is 107 g/mol. The predicted octanol–water partition coefficient (Wildman–Crippen LogP) is 1.63. The lowest BCUT2D eigenvalue weighted by Gasteiger charge is -1.96. The molecule has 0 aliphatic carbocycles. The molecule has 1 atom stereocenters. The lowest BCUT2D eigenvalue weighted by atomic mass is 11.0. The zero-order valence-electron chi connectivity index (χ0n) is 4.57. The van der Waals surface area contributed by atoms with Crippen molar-refractivity contribution in [2.24, 2.45) is 0 Å². The van der Waals surface area contributed by atoms with Crippen molar-refractivity contribution in [3.8, 4) is 0 Å². The molecule has 1 unspecified atom stereocenters. The highest BCUT2D eigenvalue weighted by Crippen LogP contribution is 2.03. The van der Waals surface area contributed by atoms with Crippen molar-refractivity contribution in [1.82, 2.24) is 0 Å². The van der Waals surface area contributed by atoms with Crippen molar-refractivity contribution in [3.05, 3.63) is 0 Å². The topological polar surface area (TPSA) is 0 Å². The van der Waals surface area contributed by atoms with Gasteiger partial charge in [-0.05, 0) is 0 Å². The fourth-order valence-electron chi connectivity index (χ4n) is 0.289. The fourth-order valence-corrected chi connectivity index (χ4v) is 0.866. The lowest BCUT2D eigenvalue weighted by molar-refractivity contribution is 1.35. The minimum absolute atomic E-state index is 0.244. The zero-order chi connectivity index (χ0) is 4.99. The summed E-state index contributed by atoms with van der Waals surface area (Å²) in [5.74, 6) is 0. The van der Waals surface area contributed by atoms with E-state index in [4.69, 9.17) is 0 Å². The highest BCUT2D eigenvalue weighted by atomic mass is 31.3. The van der Waals surface area contributed by atoms with Crippen LogP contribution in [0.2, 0.25) is 12.1 Å². The standard InChI is InChI=1S/C4H13PSi/c1-3-6(5)4-2/h6H,3-5H2,1-2H3. The lowest BCUT2D eigenvalue weighted by Crippen LogP contribution is -1.94. The SMILES string of the molecule is CC[SiH](P)CC. The molecule has 0 fully saturated rings. The van der Waals surface area contributed by atoms with Gasteiger partial charge in [0.25, 0.3) is 0 Å². The Kier molecular flexibility index (Phi) is 4.24. The van der Waals surface area contributed by atoms with E-state index in [9.17, 15) is 0 Å². The Morgan fingerprint density at radius 3 is 1.67 bits per heavy atom. The molecule has 0 nitrogen and oxygen atoms in total. The van der Waals surface area contributed by atoms with Crippen molar-refractivity contribution in [3.63, 3.8) is 0 Å². The maximum atomic E-state index is 2.95. The van der Waals surface area contributed by atoms with Gasteiger partial charge < -0.3 is 0 Å². The zero-order valence-corrected chi connectivity index (χ0v) is 6.88. The Labute approximate surface area is 44.0 Å². The van der Waals surface area contributed by atoms with Gasteiger partial charge in [0.15, 0.2) is 0 Å². The van der Waals surface area contributed by atoms with Crippen LogP contribution < -0.4 is 0 Å². The van der Waals surface area contributed by atoms with Crippen LogP contribution in [0.4, 0.5) is 0 Å². The van der Waals surface area contributed by atoms with Crippen LogP contribution in [0, 0.1) is 0 Å². The molecule has 0 spiro atoms. The Balaban J connectivity index is 2.75. The summed E-state index contributed by atoms with van der Waals surface area (Å²) in [5, 5.41) is 0. The van der Waals surface area contributed by atoms with E-state index in [1.54, 1.807) is 0 Å². The average molecular weight is 120 g/mol. The van der Waals surface area contributed by atoms with Crippen molar-refractivity contribution in [1.29, 1.82) is 0 Å². The first-order valence-electron chi connectivity index (χ1n) is 2.56. The molecule has 0 saturated heterocycles. The van der Waals surface area contributed by atoms with Gasteiger partial charge >= 0.3 is 0 Å². The maximum Gasteiger partial charge on any atom is 0.0575 e. The van der Waals surface area contributed by atoms with Crippen LogP contribution >= 0.6 is 8.79 Å². The second-order valence-corrected chi connectivity index (χ2v) is 7.56. The summed E-state index contributed by atoms with van der Waals surface area (Å²) in [6.45, 7) is 4.54. The molecule has 0 bridgehead atoms. The van der Waals surface area contributed by atoms with E-state index in [2.05, 4.69) is 22.6 Å². The first-order valence-corrected chi connectivity index (χ1v) is 6.86. The summed E-state index contributed by atoms with van der Waals surface area (Å²) in [6.07, 6.45) is 0. The summed E-state index contributed by atoms with van der Waals surface area (Å²) in [4.78, 5) is 0. The molecule has 6 heavy (non-hydrogen) atoms. The predicted molar refractivity (Wildman–Crippen MR) is 37.8 cm³/mol. The van der Waals surface area contributed by atoms with Crippen LogP contribution in [0.1, 0.15) is 13.8 Å². The molecule has 0 aliphatic heterocycles. The van der Waals surface area contributed by atoms with Crippen molar-refractivity contribution < 1.29 is 0 Å². The van der Waals surface area contributed by atoms with Crippen LogP contribution in [-0.2, 0) is 0 Å². The van der Waals surface area contributed by atoms with Crippen LogP contribution in [-0.4, -0.2) is 8.46 Å². The van der Waals surface area contributed by atoms with Gasteiger partial charge in [0.1, 0.15) is 0 Å². The van der Waals surface area contributed by atoms with E-state index in [-0.39, 0.29) is 8.46 Å². The van der Waals surface area contributed by atoms with Gasteiger partial charge in [-0.2, -0.15) is 8.79 Å². The molecule has 0 heterocycles. The molecule has 0 aromatic carbocycles. The second-order valence-electron chi connectivity index (χ2n) is 1.58. The highest BCUT2D eigenvalue weighted by molar-refractivity contribution is 7.62. The first-order chi connectivity index (χ1) is 2.81. The van der Waals surface area contributed by atoms with E-state index in [0.717, 1.165) is 0 Å². The second kappa shape index (κ2) is 3.82. The fraction of sp³-hybridized carbons (Fsp3) is 1.00. The minimum atomic E-state index is -0.244. The molecule has 0 saturated carbocycles. The van der Waals surface area contributed by atoms with Gasteiger partial charge in [-0.1, -0.05) is 25.9 Å². The first kappa shape index (κ1) is 6.65. The maximum absolute atomic E-state index is 2.95. The van der Waals surface area contributed by atoms with E-state index >= 15 is 0 Å². The van der Waals surface area contributed by atoms with Crippen molar-refractivity contribution >= 4 is 17.3 Å². The molecule has 0 aliphatic rings. The third-order valence-corrected chi connectivity index (χ3v) is 5.97. The Morgan fingerprint density at radius 2 is 1.67 bits per heavy atom. The van der Waals surface area contributed by atoms with Crippen LogP contribution in [0.5, 0.6) is 0 Å². The van der Waals surface area contributed by atoms with E-state index in [1.165, 1.54) is 12.1 Å². The van der Waals surface area contributed by atoms with E-state index < -0.39 is 0 Å². The normalized spacial score (nSPS) is 10.0. The summed E-state index contributed by atoms with van der Waals surface area (Å²) in [6, 6.07) is 2.86. The molecule has 0 N–H and O–H groups in total. The highest BCUT2D eigenvalue weighted by Gasteiger charge is 1.91. The molecule has 0 aromatic heterocycles. The molecule has 0 rings (SSSR count). The van der Waals surface area contributed by atoms with Crippen molar-refractivity contribution in [2.75, 3.05) is 0 Å². The van der Waals surface area contributed by atoms with Gasteiger partial charge in [-0.25, -0.2) is 0 Å². The molecule has 0 amide bonds. The molecule has 0 radical (unpaired) electrons. The number of hydrogen-bond donors (Lipinski definition) is 0. The summed E-state index contributed by atoms with van der Waals surface area (Å²) in [7, 11) is 2.71. The largest absolute Gasteiger partial charge is 0.152 e. The Morgan fingerprint density at radius 1 is 1.33 bits per heavy atom. The minimum Gasteiger partial charge on any atom is -0.152 e. The monoisotopic (exact) mass is 120 g/mol. The van der Waals surface area contributed by atoms with Crippen LogP contribution in [0.15, 0.2) is 0 Å². The average Bonchev–Trinajstić information content (AvgIpc) is 1.65. The molecule has 0 aromatic rings. The summed E-state index contributed by atoms with van der Waals surface area (Å²) in [5.41, 5.74) is 0. The molecule has 2 heteroatoms.